The van der Waals surface area contributed by atoms with Gasteiger partial charge in [0.1, 0.15) is 0 Å². The Bertz CT molecular complexity index is 1170. The summed E-state index contributed by atoms with van der Waals surface area (Å²) in [7, 11) is -2.64. The lowest BCUT2D eigenvalue weighted by molar-refractivity contribution is 0.0927. The van der Waals surface area contributed by atoms with Gasteiger partial charge in [-0.25, -0.2) is 0 Å². The molecule has 0 N–H and O–H groups in total. The normalized spacial score (nSPS) is 16.4. The maximum Gasteiger partial charge on any atom is 0.261 e. The van der Waals surface area contributed by atoms with Crippen LogP contribution in [0.4, 0.5) is 0 Å². The molecule has 4 aromatic rings. The molecule has 1 fully saturated rings. The van der Waals surface area contributed by atoms with Gasteiger partial charge in [-0.2, -0.15) is 0 Å². The SMILES string of the molecule is CC(C)(C)[Si](OC[C@@H]([C@@H]1CO1)N(Cc1ccccc1)Cc1ccccc1)(c1ccccc1)c1ccccc1. The van der Waals surface area contributed by atoms with Gasteiger partial charge in [0.2, 0.25) is 0 Å². The Hall–Kier alpha value is -3.02. The van der Waals surface area contributed by atoms with E-state index in [1.54, 1.807) is 0 Å². The largest absolute Gasteiger partial charge is 0.406 e. The van der Waals surface area contributed by atoms with E-state index in [4.69, 9.17) is 9.16 Å². The van der Waals surface area contributed by atoms with E-state index in [9.17, 15) is 0 Å². The molecule has 4 heteroatoms. The number of nitrogens with zero attached hydrogens (tertiary/aromatic N) is 1. The number of epoxide rings is 1. The first-order valence-corrected chi connectivity index (χ1v) is 15.6. The van der Waals surface area contributed by atoms with Gasteiger partial charge in [-0.15, -0.1) is 0 Å². The van der Waals surface area contributed by atoms with Crippen molar-refractivity contribution in [2.75, 3.05) is 13.2 Å². The van der Waals surface area contributed by atoms with Gasteiger partial charge in [0.25, 0.3) is 8.32 Å². The van der Waals surface area contributed by atoms with Crippen LogP contribution in [0.5, 0.6) is 0 Å². The van der Waals surface area contributed by atoms with E-state index in [-0.39, 0.29) is 17.2 Å². The van der Waals surface area contributed by atoms with Gasteiger partial charge in [-0.3, -0.25) is 4.90 Å². The standard InChI is InChI=1S/C34H39NO2Si/c1-34(2,3)38(30-20-12-6-13-21-30,31-22-14-7-15-23-31)37-26-32(33-27-36-33)35(24-28-16-8-4-9-17-28)25-29-18-10-5-11-19-29/h4-23,32-33H,24-27H2,1-3H3/t32-,33-/m0/s1. The summed E-state index contributed by atoms with van der Waals surface area (Å²) in [6.07, 6.45) is 0.181. The van der Waals surface area contributed by atoms with Crippen LogP contribution in [0.15, 0.2) is 121 Å². The monoisotopic (exact) mass is 521 g/mol. The second-order valence-corrected chi connectivity index (χ2v) is 15.6. The van der Waals surface area contributed by atoms with Crippen LogP contribution in [0, 0.1) is 0 Å². The lowest BCUT2D eigenvalue weighted by Crippen LogP contribution is -2.67. The Morgan fingerprint density at radius 2 is 1.11 bits per heavy atom. The zero-order chi connectivity index (χ0) is 26.4. The fraction of sp³-hybridized carbons (Fsp3) is 0.294. The predicted octanol–water partition coefficient (Wildman–Crippen LogP) is 6.03. The van der Waals surface area contributed by atoms with E-state index < -0.39 is 8.32 Å². The van der Waals surface area contributed by atoms with Crippen molar-refractivity contribution in [2.24, 2.45) is 0 Å². The zero-order valence-corrected chi connectivity index (χ0v) is 23.8. The maximum atomic E-state index is 7.40. The van der Waals surface area contributed by atoms with E-state index in [2.05, 4.69) is 147 Å². The second-order valence-electron chi connectivity index (χ2n) is 11.3. The minimum absolute atomic E-state index is 0.0612. The van der Waals surface area contributed by atoms with E-state index >= 15 is 0 Å². The van der Waals surface area contributed by atoms with Crippen LogP contribution in [0.3, 0.4) is 0 Å². The molecule has 4 aromatic carbocycles. The van der Waals surface area contributed by atoms with Gasteiger partial charge < -0.3 is 9.16 Å². The quantitative estimate of drug-likeness (QED) is 0.178. The molecule has 5 rings (SSSR count). The van der Waals surface area contributed by atoms with Crippen molar-refractivity contribution >= 4 is 18.7 Å². The third-order valence-corrected chi connectivity index (χ3v) is 12.6. The number of rotatable bonds is 11. The predicted molar refractivity (Wildman–Crippen MR) is 159 cm³/mol. The summed E-state index contributed by atoms with van der Waals surface area (Å²) >= 11 is 0. The highest BCUT2D eigenvalue weighted by molar-refractivity contribution is 6.99. The molecule has 0 bridgehead atoms. The molecule has 1 aliphatic rings. The van der Waals surface area contributed by atoms with Gasteiger partial charge in [-0.1, -0.05) is 142 Å². The fourth-order valence-electron chi connectivity index (χ4n) is 5.62. The molecule has 1 saturated heterocycles. The van der Waals surface area contributed by atoms with Crippen molar-refractivity contribution in [2.45, 2.75) is 51.0 Å². The number of hydrogen-bond acceptors (Lipinski definition) is 3. The van der Waals surface area contributed by atoms with Gasteiger partial charge in [0.15, 0.2) is 0 Å². The van der Waals surface area contributed by atoms with Gasteiger partial charge in [0, 0.05) is 13.1 Å². The van der Waals surface area contributed by atoms with Crippen LogP contribution in [0.2, 0.25) is 5.04 Å². The molecule has 1 aliphatic heterocycles. The summed E-state index contributed by atoms with van der Waals surface area (Å²) in [6.45, 7) is 10.1. The van der Waals surface area contributed by atoms with Crippen molar-refractivity contribution in [3.8, 4) is 0 Å². The summed E-state index contributed by atoms with van der Waals surface area (Å²) in [6, 6.07) is 43.5. The van der Waals surface area contributed by atoms with Crippen molar-refractivity contribution in [1.29, 1.82) is 0 Å². The molecule has 3 nitrogen and oxygen atoms in total. The Labute approximate surface area is 229 Å². The first-order valence-electron chi connectivity index (χ1n) is 13.7. The molecule has 0 saturated carbocycles. The molecule has 38 heavy (non-hydrogen) atoms. The average molecular weight is 522 g/mol. The summed E-state index contributed by atoms with van der Waals surface area (Å²) in [5, 5.41) is 2.56. The molecule has 0 aliphatic carbocycles. The van der Waals surface area contributed by atoms with E-state index in [0.717, 1.165) is 19.7 Å². The molecule has 2 atom stereocenters. The average Bonchev–Trinajstić information content (AvgIpc) is 3.78. The lowest BCUT2D eigenvalue weighted by Gasteiger charge is -2.44. The fourth-order valence-corrected chi connectivity index (χ4v) is 10.2. The Morgan fingerprint density at radius 3 is 1.47 bits per heavy atom. The molecule has 0 spiro atoms. The molecule has 0 radical (unpaired) electrons. The van der Waals surface area contributed by atoms with E-state index in [1.165, 1.54) is 21.5 Å². The highest BCUT2D eigenvalue weighted by atomic mass is 28.4. The molecule has 196 valence electrons. The maximum absolute atomic E-state index is 7.40. The summed E-state index contributed by atoms with van der Waals surface area (Å²) < 4.78 is 13.4. The zero-order valence-electron chi connectivity index (χ0n) is 22.8. The Kier molecular flexibility index (Phi) is 8.25. The first-order chi connectivity index (χ1) is 18.5. The van der Waals surface area contributed by atoms with Crippen LogP contribution in [-0.2, 0) is 22.3 Å². The Morgan fingerprint density at radius 1 is 0.711 bits per heavy atom. The second kappa shape index (κ2) is 11.8. The molecule has 0 aromatic heterocycles. The summed E-state index contributed by atoms with van der Waals surface area (Å²) in [5.74, 6) is 0. The van der Waals surface area contributed by atoms with Crippen LogP contribution in [0.1, 0.15) is 31.9 Å². The smallest absolute Gasteiger partial charge is 0.261 e. The van der Waals surface area contributed by atoms with Crippen LogP contribution in [-0.4, -0.2) is 38.6 Å². The van der Waals surface area contributed by atoms with Gasteiger partial charge in [-0.05, 0) is 26.5 Å². The highest BCUT2D eigenvalue weighted by Crippen LogP contribution is 2.37. The number of benzene rings is 4. The van der Waals surface area contributed by atoms with Crippen molar-refractivity contribution in [3.63, 3.8) is 0 Å². The highest BCUT2D eigenvalue weighted by Gasteiger charge is 2.51. The number of ether oxygens (including phenoxy) is 1. The van der Waals surface area contributed by atoms with Crippen LogP contribution < -0.4 is 10.4 Å². The topological polar surface area (TPSA) is 25.0 Å². The molecule has 0 amide bonds. The van der Waals surface area contributed by atoms with Crippen molar-refractivity contribution in [1.82, 2.24) is 4.90 Å². The Balaban J connectivity index is 1.51. The van der Waals surface area contributed by atoms with Crippen molar-refractivity contribution < 1.29 is 9.16 Å². The first kappa shape index (κ1) is 26.6. The van der Waals surface area contributed by atoms with E-state index in [0.29, 0.717) is 6.61 Å². The molecule has 1 heterocycles. The van der Waals surface area contributed by atoms with Crippen molar-refractivity contribution in [3.05, 3.63) is 132 Å². The van der Waals surface area contributed by atoms with Crippen LogP contribution in [0.25, 0.3) is 0 Å². The third-order valence-electron chi connectivity index (χ3n) is 7.60. The molecule has 0 unspecified atom stereocenters. The lowest BCUT2D eigenvalue weighted by atomic mass is 10.1. The van der Waals surface area contributed by atoms with Gasteiger partial charge >= 0.3 is 0 Å². The van der Waals surface area contributed by atoms with Gasteiger partial charge in [0.05, 0.1) is 25.4 Å². The molecular formula is C34H39NO2Si. The minimum Gasteiger partial charge on any atom is -0.406 e. The van der Waals surface area contributed by atoms with E-state index in [1.807, 2.05) is 0 Å². The third kappa shape index (κ3) is 6.00. The van der Waals surface area contributed by atoms with Crippen LogP contribution >= 0.6 is 0 Å². The number of hydrogen-bond donors (Lipinski definition) is 0. The summed E-state index contributed by atoms with van der Waals surface area (Å²) in [5.41, 5.74) is 2.61. The summed E-state index contributed by atoms with van der Waals surface area (Å²) in [4.78, 5) is 2.56. The molecular weight excluding hydrogens is 482 g/mol. The minimum atomic E-state index is -2.64.